The normalized spacial score (nSPS) is 14.1. The fourth-order valence-electron chi connectivity index (χ4n) is 4.90. The number of aliphatic hydroxyl groups excluding tert-OH is 1. The van der Waals surface area contributed by atoms with Crippen LogP contribution in [-0.4, -0.2) is 64.9 Å². The lowest BCUT2D eigenvalue weighted by Crippen LogP contribution is -2.43. The minimum Gasteiger partial charge on any atom is -0.480 e. The summed E-state index contributed by atoms with van der Waals surface area (Å²) in [6.45, 7) is 2.46. The Morgan fingerprint density at radius 3 is 1.62 bits per heavy atom. The van der Waals surface area contributed by atoms with Crippen molar-refractivity contribution in [3.05, 3.63) is 12.2 Å². The minimum atomic E-state index is -4.73. The van der Waals surface area contributed by atoms with Gasteiger partial charge in [-0.2, -0.15) is 0 Å². The third-order valence-corrected chi connectivity index (χ3v) is 8.76. The fourth-order valence-corrected chi connectivity index (χ4v) is 5.67. The Morgan fingerprint density at radius 1 is 0.660 bits per heavy atom. The van der Waals surface area contributed by atoms with Crippen molar-refractivity contribution in [3.8, 4) is 0 Å². The second kappa shape index (κ2) is 31.5. The monoisotopic (exact) mass is 691 g/mol. The van der Waals surface area contributed by atoms with Gasteiger partial charge >= 0.3 is 19.8 Å². The largest absolute Gasteiger partial charge is 0.480 e. The molecule has 0 saturated heterocycles. The van der Waals surface area contributed by atoms with Crippen molar-refractivity contribution in [1.82, 2.24) is 5.32 Å². The summed E-state index contributed by atoms with van der Waals surface area (Å²) in [7, 11) is -4.73. The number of phosphoric ester groups is 1. The Labute approximate surface area is 284 Å². The molecule has 0 aromatic rings. The van der Waals surface area contributed by atoms with Gasteiger partial charge < -0.3 is 25.2 Å². The highest BCUT2D eigenvalue weighted by molar-refractivity contribution is 7.47. The Hall–Kier alpha value is -1.78. The maximum Gasteiger partial charge on any atom is 0.472 e. The number of aliphatic carboxylic acids is 1. The summed E-state index contributed by atoms with van der Waals surface area (Å²) in [4.78, 5) is 45.4. The number of amides is 1. The van der Waals surface area contributed by atoms with Gasteiger partial charge in [0, 0.05) is 12.8 Å². The van der Waals surface area contributed by atoms with Crippen LogP contribution in [0.5, 0.6) is 0 Å². The molecule has 0 aliphatic rings. The van der Waals surface area contributed by atoms with E-state index in [1.54, 1.807) is 0 Å². The number of nitrogens with one attached hydrogen (secondary N) is 1. The van der Waals surface area contributed by atoms with Crippen LogP contribution in [0.2, 0.25) is 0 Å². The van der Waals surface area contributed by atoms with Gasteiger partial charge in [-0.1, -0.05) is 122 Å². The number of carboxylic acid groups (broad SMARTS) is 1. The van der Waals surface area contributed by atoms with E-state index in [9.17, 15) is 34.1 Å². The van der Waals surface area contributed by atoms with E-state index >= 15 is 0 Å². The Balaban J connectivity index is 3.94. The van der Waals surface area contributed by atoms with Crippen LogP contribution in [0.1, 0.15) is 162 Å². The average molecular weight is 692 g/mol. The summed E-state index contributed by atoms with van der Waals surface area (Å²) in [6.07, 6.45) is 27.2. The maximum absolute atomic E-state index is 12.2. The molecule has 0 aromatic heterocycles. The third-order valence-electron chi connectivity index (χ3n) is 7.80. The van der Waals surface area contributed by atoms with E-state index in [0.29, 0.717) is 12.8 Å². The molecule has 12 heteroatoms. The number of phosphoric acid groups is 1. The number of allylic oxidation sites excluding steroid dienone is 2. The molecule has 0 aromatic carbocycles. The van der Waals surface area contributed by atoms with Crippen LogP contribution in [0.15, 0.2) is 12.2 Å². The van der Waals surface area contributed by atoms with Crippen LogP contribution < -0.4 is 5.32 Å². The molecule has 0 bridgehead atoms. The summed E-state index contributed by atoms with van der Waals surface area (Å²) >= 11 is 0. The zero-order valence-electron chi connectivity index (χ0n) is 29.3. The number of carbonyl (C=O) groups is 3. The van der Waals surface area contributed by atoms with Gasteiger partial charge in [0.1, 0.15) is 12.7 Å². The van der Waals surface area contributed by atoms with Gasteiger partial charge in [0.05, 0.1) is 13.2 Å². The first-order valence-corrected chi connectivity index (χ1v) is 19.7. The lowest BCUT2D eigenvalue weighted by atomic mass is 10.1. The van der Waals surface area contributed by atoms with E-state index in [1.807, 2.05) is 0 Å². The topological polar surface area (TPSA) is 169 Å². The van der Waals surface area contributed by atoms with Crippen LogP contribution in [0, 0.1) is 0 Å². The maximum atomic E-state index is 12.2. The van der Waals surface area contributed by atoms with E-state index in [1.165, 1.54) is 64.2 Å². The SMILES string of the molecule is CCCCCCCCC/C=C\CCCCCCCCCC(=O)NC(COP(=O)(O)OCC(O)COC(=O)CCCCCCC)C(=O)O. The van der Waals surface area contributed by atoms with E-state index in [0.717, 1.165) is 57.8 Å². The molecule has 0 aliphatic heterocycles. The summed E-state index contributed by atoms with van der Waals surface area (Å²) < 4.78 is 26.5. The van der Waals surface area contributed by atoms with E-state index < -0.39 is 57.6 Å². The molecule has 47 heavy (non-hydrogen) atoms. The van der Waals surface area contributed by atoms with Crippen molar-refractivity contribution in [3.63, 3.8) is 0 Å². The van der Waals surface area contributed by atoms with Gasteiger partial charge in [0.25, 0.3) is 0 Å². The number of hydrogen-bond acceptors (Lipinski definition) is 8. The van der Waals surface area contributed by atoms with Gasteiger partial charge in [-0.05, 0) is 38.5 Å². The molecule has 3 atom stereocenters. The summed E-state index contributed by atoms with van der Waals surface area (Å²) in [5.74, 6) is -2.39. The van der Waals surface area contributed by atoms with Crippen molar-refractivity contribution in [2.24, 2.45) is 0 Å². The summed E-state index contributed by atoms with van der Waals surface area (Å²) in [5, 5.41) is 21.6. The highest BCUT2D eigenvalue weighted by Gasteiger charge is 2.28. The molecule has 11 nitrogen and oxygen atoms in total. The Morgan fingerprint density at radius 2 is 1.11 bits per heavy atom. The minimum absolute atomic E-state index is 0.143. The van der Waals surface area contributed by atoms with Gasteiger partial charge in [0.15, 0.2) is 6.04 Å². The number of hydrogen-bond donors (Lipinski definition) is 4. The van der Waals surface area contributed by atoms with Gasteiger partial charge in [0.2, 0.25) is 5.91 Å². The second-order valence-corrected chi connectivity index (χ2v) is 13.9. The molecule has 0 aliphatic carbocycles. The highest BCUT2D eigenvalue weighted by Crippen LogP contribution is 2.43. The molecule has 0 heterocycles. The number of esters is 1. The van der Waals surface area contributed by atoms with Crippen LogP contribution in [0.3, 0.4) is 0 Å². The van der Waals surface area contributed by atoms with Crippen LogP contribution in [-0.2, 0) is 32.7 Å². The van der Waals surface area contributed by atoms with Crippen LogP contribution >= 0.6 is 7.82 Å². The molecule has 0 fully saturated rings. The number of ether oxygens (including phenoxy) is 1. The van der Waals surface area contributed by atoms with Crippen LogP contribution in [0.4, 0.5) is 0 Å². The molecule has 276 valence electrons. The number of rotatable bonds is 34. The Kier molecular flexibility index (Phi) is 30.3. The summed E-state index contributed by atoms with van der Waals surface area (Å²) in [5.41, 5.74) is 0. The predicted octanol–water partition coefficient (Wildman–Crippen LogP) is 8.16. The molecular formula is C35H66NO10P. The van der Waals surface area contributed by atoms with Crippen LogP contribution in [0.25, 0.3) is 0 Å². The first-order valence-electron chi connectivity index (χ1n) is 18.2. The molecule has 1 amide bonds. The molecule has 0 rings (SSSR count). The van der Waals surface area contributed by atoms with Gasteiger partial charge in [-0.3, -0.25) is 18.6 Å². The lowest BCUT2D eigenvalue weighted by molar-refractivity contribution is -0.147. The number of carboxylic acids is 1. The first-order chi connectivity index (χ1) is 22.6. The molecule has 0 radical (unpaired) electrons. The third kappa shape index (κ3) is 31.3. The second-order valence-electron chi connectivity index (χ2n) is 12.4. The zero-order chi connectivity index (χ0) is 35.0. The lowest BCUT2D eigenvalue weighted by Gasteiger charge is -2.18. The molecular weight excluding hydrogens is 625 g/mol. The van der Waals surface area contributed by atoms with Crippen molar-refractivity contribution in [2.45, 2.75) is 174 Å². The molecule has 3 unspecified atom stereocenters. The number of unbranched alkanes of at least 4 members (excludes halogenated alkanes) is 18. The van der Waals surface area contributed by atoms with Crippen molar-refractivity contribution >= 4 is 25.7 Å². The standard InChI is InChI=1S/C35H66NO10P/c1-3-5-7-9-10-11-12-13-14-15-16-17-18-19-20-21-23-24-26-33(38)36-32(35(40)41)30-46-47(42,43)45-29-31(37)28-44-34(39)27-25-22-8-6-4-2/h14-15,31-32,37H,3-13,16-30H2,1-2H3,(H,36,38)(H,40,41)(H,42,43)/b15-14-. The zero-order valence-corrected chi connectivity index (χ0v) is 30.2. The fraction of sp³-hybridized carbons (Fsp3) is 0.857. The van der Waals surface area contributed by atoms with E-state index in [2.05, 4.69) is 31.3 Å². The van der Waals surface area contributed by atoms with Crippen molar-refractivity contribution in [2.75, 3.05) is 19.8 Å². The molecule has 4 N–H and O–H groups in total. The van der Waals surface area contributed by atoms with E-state index in [4.69, 9.17) is 13.8 Å². The molecule has 0 saturated carbocycles. The number of aliphatic hydroxyl groups is 1. The van der Waals surface area contributed by atoms with Gasteiger partial charge in [-0.25, -0.2) is 9.36 Å². The Bertz CT molecular complexity index is 869. The quantitative estimate of drug-likeness (QED) is 0.0224. The first kappa shape index (κ1) is 45.2. The highest BCUT2D eigenvalue weighted by atomic mass is 31.2. The molecule has 0 spiro atoms. The predicted molar refractivity (Wildman–Crippen MR) is 185 cm³/mol. The average Bonchev–Trinajstić information content (AvgIpc) is 3.04. The van der Waals surface area contributed by atoms with Gasteiger partial charge in [-0.15, -0.1) is 0 Å². The van der Waals surface area contributed by atoms with E-state index in [-0.39, 0.29) is 12.8 Å². The summed E-state index contributed by atoms with van der Waals surface area (Å²) in [6, 6.07) is -1.54. The van der Waals surface area contributed by atoms with Crippen molar-refractivity contribution < 1.29 is 47.8 Å². The smallest absolute Gasteiger partial charge is 0.472 e. The van der Waals surface area contributed by atoms with Crippen molar-refractivity contribution in [1.29, 1.82) is 0 Å². The number of carbonyl (C=O) groups excluding carboxylic acids is 2.